The van der Waals surface area contributed by atoms with E-state index in [-0.39, 0.29) is 5.97 Å². The van der Waals surface area contributed by atoms with Gasteiger partial charge in [-0.3, -0.25) is 0 Å². The van der Waals surface area contributed by atoms with Crippen LogP contribution in [0.2, 0.25) is 0 Å². The molecule has 3 aromatic rings. The number of esters is 1. The lowest BCUT2D eigenvalue weighted by Gasteiger charge is -2.03. The molecule has 136 valence electrons. The van der Waals surface area contributed by atoms with Crippen molar-refractivity contribution in [2.24, 2.45) is 0 Å². The molecule has 0 aliphatic carbocycles. The van der Waals surface area contributed by atoms with Gasteiger partial charge >= 0.3 is 5.97 Å². The minimum Gasteiger partial charge on any atom is -0.486 e. The second-order valence-corrected chi connectivity index (χ2v) is 7.25. The number of nitrogens with zero attached hydrogens (tertiary/aromatic N) is 1. The summed E-state index contributed by atoms with van der Waals surface area (Å²) < 4.78 is 11.0. The molecular weight excluding hydrogens is 348 g/mol. The molecule has 0 radical (unpaired) electrons. The van der Waals surface area contributed by atoms with Crippen LogP contribution in [0.1, 0.15) is 38.4 Å². The van der Waals surface area contributed by atoms with Crippen LogP contribution in [-0.2, 0) is 11.3 Å². The SMILES string of the molecule is CCOC(=O)c1c(C)[nH]c(-c2nc(COc3ccccc3)sc2C)c1C. The maximum Gasteiger partial charge on any atom is 0.340 e. The van der Waals surface area contributed by atoms with Crippen LogP contribution in [0.25, 0.3) is 11.4 Å². The summed E-state index contributed by atoms with van der Waals surface area (Å²) in [4.78, 5) is 21.3. The number of rotatable bonds is 6. The maximum absolute atomic E-state index is 12.2. The third-order valence-electron chi connectivity index (χ3n) is 4.10. The molecule has 2 heterocycles. The highest BCUT2D eigenvalue weighted by Crippen LogP contribution is 2.32. The van der Waals surface area contributed by atoms with E-state index in [2.05, 4.69) is 4.98 Å². The number of nitrogens with one attached hydrogen (secondary N) is 1. The van der Waals surface area contributed by atoms with E-state index in [0.29, 0.717) is 18.8 Å². The maximum atomic E-state index is 12.2. The molecule has 0 aliphatic heterocycles. The van der Waals surface area contributed by atoms with Crippen molar-refractivity contribution in [3.05, 3.63) is 57.0 Å². The summed E-state index contributed by atoms with van der Waals surface area (Å²) in [5.74, 6) is 0.518. The van der Waals surface area contributed by atoms with Gasteiger partial charge in [0.2, 0.25) is 0 Å². The first-order chi connectivity index (χ1) is 12.5. The van der Waals surface area contributed by atoms with Gasteiger partial charge in [0.1, 0.15) is 23.1 Å². The van der Waals surface area contributed by atoms with Gasteiger partial charge in [-0.05, 0) is 45.4 Å². The fourth-order valence-corrected chi connectivity index (χ4v) is 3.76. The highest BCUT2D eigenvalue weighted by atomic mass is 32.1. The molecule has 6 heteroatoms. The number of H-pyrrole nitrogens is 1. The molecule has 3 rings (SSSR count). The largest absolute Gasteiger partial charge is 0.486 e. The van der Waals surface area contributed by atoms with Crippen LogP contribution < -0.4 is 4.74 Å². The Bertz CT molecular complexity index is 913. The number of carbonyl (C=O) groups is 1. The molecule has 0 saturated heterocycles. The van der Waals surface area contributed by atoms with Crippen LogP contribution in [0.15, 0.2) is 30.3 Å². The number of hydrogen-bond donors (Lipinski definition) is 1. The summed E-state index contributed by atoms with van der Waals surface area (Å²) in [6.07, 6.45) is 0. The van der Waals surface area contributed by atoms with E-state index in [1.807, 2.05) is 51.1 Å². The van der Waals surface area contributed by atoms with Gasteiger partial charge in [-0.1, -0.05) is 18.2 Å². The Hall–Kier alpha value is -2.60. The van der Waals surface area contributed by atoms with Gasteiger partial charge in [0, 0.05) is 10.6 Å². The van der Waals surface area contributed by atoms with E-state index in [4.69, 9.17) is 14.5 Å². The fourth-order valence-electron chi connectivity index (χ4n) is 2.90. The number of ether oxygens (including phenoxy) is 2. The highest BCUT2D eigenvalue weighted by molar-refractivity contribution is 7.12. The summed E-state index contributed by atoms with van der Waals surface area (Å²) in [6, 6.07) is 9.68. The molecule has 0 spiro atoms. The van der Waals surface area contributed by atoms with Gasteiger partial charge in [0.05, 0.1) is 17.9 Å². The van der Waals surface area contributed by atoms with Gasteiger partial charge < -0.3 is 14.5 Å². The van der Waals surface area contributed by atoms with E-state index in [0.717, 1.165) is 38.3 Å². The van der Waals surface area contributed by atoms with Gasteiger partial charge in [0.15, 0.2) is 0 Å². The number of carbonyl (C=O) groups excluding carboxylic acids is 1. The van der Waals surface area contributed by atoms with Crippen LogP contribution in [0.4, 0.5) is 0 Å². The first-order valence-electron chi connectivity index (χ1n) is 8.52. The zero-order chi connectivity index (χ0) is 18.7. The molecule has 0 aliphatic rings. The Balaban J connectivity index is 1.85. The summed E-state index contributed by atoms with van der Waals surface area (Å²) in [6.45, 7) is 8.40. The topological polar surface area (TPSA) is 64.2 Å². The molecule has 2 aromatic heterocycles. The second kappa shape index (κ2) is 7.74. The Labute approximate surface area is 157 Å². The van der Waals surface area contributed by atoms with E-state index < -0.39 is 0 Å². The lowest BCUT2D eigenvalue weighted by molar-refractivity contribution is 0.0525. The van der Waals surface area contributed by atoms with Crippen molar-refractivity contribution in [2.75, 3.05) is 6.61 Å². The molecule has 0 unspecified atom stereocenters. The predicted octanol–water partition coefficient (Wildman–Crippen LogP) is 4.82. The van der Waals surface area contributed by atoms with E-state index in [1.54, 1.807) is 18.3 Å². The van der Waals surface area contributed by atoms with E-state index in [1.165, 1.54) is 0 Å². The zero-order valence-electron chi connectivity index (χ0n) is 15.4. The van der Waals surface area contributed by atoms with E-state index >= 15 is 0 Å². The monoisotopic (exact) mass is 370 g/mol. The minimum absolute atomic E-state index is 0.300. The number of benzene rings is 1. The van der Waals surface area contributed by atoms with Crippen molar-refractivity contribution in [3.63, 3.8) is 0 Å². The lowest BCUT2D eigenvalue weighted by atomic mass is 10.1. The average Bonchev–Trinajstić information content (AvgIpc) is 3.13. The predicted molar refractivity (Wildman–Crippen MR) is 103 cm³/mol. The smallest absolute Gasteiger partial charge is 0.340 e. The molecule has 5 nitrogen and oxygen atoms in total. The van der Waals surface area contributed by atoms with Crippen molar-refractivity contribution in [1.29, 1.82) is 0 Å². The quantitative estimate of drug-likeness (QED) is 0.632. The van der Waals surface area contributed by atoms with Crippen molar-refractivity contribution in [1.82, 2.24) is 9.97 Å². The molecule has 0 atom stereocenters. The summed E-state index contributed by atoms with van der Waals surface area (Å²) in [7, 11) is 0. The summed E-state index contributed by atoms with van der Waals surface area (Å²) in [5.41, 5.74) is 3.98. The first kappa shape index (κ1) is 18.2. The van der Waals surface area contributed by atoms with Crippen molar-refractivity contribution in [2.45, 2.75) is 34.3 Å². The minimum atomic E-state index is -0.300. The molecule has 0 fully saturated rings. The number of aromatic amines is 1. The van der Waals surface area contributed by atoms with Crippen LogP contribution >= 0.6 is 11.3 Å². The number of para-hydroxylation sites is 1. The lowest BCUT2D eigenvalue weighted by Crippen LogP contribution is -2.06. The van der Waals surface area contributed by atoms with Crippen molar-refractivity contribution >= 4 is 17.3 Å². The van der Waals surface area contributed by atoms with Crippen LogP contribution in [0.3, 0.4) is 0 Å². The number of aromatic nitrogens is 2. The third kappa shape index (κ3) is 3.65. The van der Waals surface area contributed by atoms with Crippen LogP contribution in [0, 0.1) is 20.8 Å². The Kier molecular flexibility index (Phi) is 5.42. The number of hydrogen-bond acceptors (Lipinski definition) is 5. The van der Waals surface area contributed by atoms with Crippen molar-refractivity contribution in [3.8, 4) is 17.1 Å². The highest BCUT2D eigenvalue weighted by Gasteiger charge is 2.22. The van der Waals surface area contributed by atoms with Gasteiger partial charge in [-0.25, -0.2) is 9.78 Å². The second-order valence-electron chi connectivity index (χ2n) is 5.96. The van der Waals surface area contributed by atoms with Crippen molar-refractivity contribution < 1.29 is 14.3 Å². The number of thiazole rings is 1. The molecular formula is C20H22N2O3S. The standard InChI is InChI=1S/C20H22N2O3S/c1-5-24-20(23)17-12(2)18(21-13(17)3)19-14(4)26-16(22-19)11-25-15-9-7-6-8-10-15/h6-10,21H,5,11H2,1-4H3. The summed E-state index contributed by atoms with van der Waals surface area (Å²) >= 11 is 1.60. The molecule has 1 aromatic carbocycles. The Morgan fingerprint density at radius 1 is 1.19 bits per heavy atom. The zero-order valence-corrected chi connectivity index (χ0v) is 16.2. The number of aryl methyl sites for hydroxylation is 2. The van der Waals surface area contributed by atoms with Gasteiger partial charge in [-0.15, -0.1) is 11.3 Å². The van der Waals surface area contributed by atoms with Crippen LogP contribution in [-0.4, -0.2) is 22.5 Å². The Morgan fingerprint density at radius 2 is 1.92 bits per heavy atom. The molecule has 26 heavy (non-hydrogen) atoms. The molecule has 0 amide bonds. The average molecular weight is 370 g/mol. The van der Waals surface area contributed by atoms with E-state index in [9.17, 15) is 4.79 Å². The molecule has 0 bridgehead atoms. The first-order valence-corrected chi connectivity index (χ1v) is 9.33. The van der Waals surface area contributed by atoms with Crippen LogP contribution in [0.5, 0.6) is 5.75 Å². The summed E-state index contributed by atoms with van der Waals surface area (Å²) in [5, 5.41) is 0.894. The van der Waals surface area contributed by atoms with Gasteiger partial charge in [-0.2, -0.15) is 0 Å². The third-order valence-corrected chi connectivity index (χ3v) is 5.04. The van der Waals surface area contributed by atoms with Gasteiger partial charge in [0.25, 0.3) is 0 Å². The Morgan fingerprint density at radius 3 is 2.62 bits per heavy atom. The molecule has 0 saturated carbocycles. The molecule has 1 N–H and O–H groups in total. The fraction of sp³-hybridized carbons (Fsp3) is 0.300. The normalized spacial score (nSPS) is 10.8.